The molecule has 0 saturated heterocycles. The first kappa shape index (κ1) is 10.5. The summed E-state index contributed by atoms with van der Waals surface area (Å²) in [5, 5.41) is 9.39. The molecule has 2 N–H and O–H groups in total. The maximum atomic E-state index is 11.8. The van der Waals surface area contributed by atoms with Crippen LogP contribution >= 0.6 is 0 Å². The second-order valence-corrected chi connectivity index (χ2v) is 3.50. The van der Waals surface area contributed by atoms with E-state index in [0.717, 1.165) is 5.69 Å². The maximum Gasteiger partial charge on any atom is 0.260 e. The minimum absolute atomic E-state index is 0.197. The molecule has 2 heterocycles. The molecule has 2 aromatic rings. The summed E-state index contributed by atoms with van der Waals surface area (Å²) in [5.41, 5.74) is 1.46. The van der Waals surface area contributed by atoms with Crippen LogP contribution in [0.4, 0.5) is 5.82 Å². The summed E-state index contributed by atoms with van der Waals surface area (Å²) in [6, 6.07) is 3.43. The van der Waals surface area contributed by atoms with Gasteiger partial charge >= 0.3 is 0 Å². The van der Waals surface area contributed by atoms with Crippen LogP contribution in [0.15, 0.2) is 22.8 Å². The van der Waals surface area contributed by atoms with E-state index < -0.39 is 0 Å². The Morgan fingerprint density at radius 2 is 2.44 bits per heavy atom. The third-order valence-electron chi connectivity index (χ3n) is 2.26. The van der Waals surface area contributed by atoms with Crippen LogP contribution in [0.1, 0.15) is 28.7 Å². The molecule has 5 heteroatoms. The number of aryl methyl sites for hydroxylation is 2. The van der Waals surface area contributed by atoms with E-state index in [2.05, 4.69) is 15.5 Å². The Hall–Kier alpha value is -2.04. The van der Waals surface area contributed by atoms with E-state index in [9.17, 15) is 4.79 Å². The number of hydrogen-bond acceptors (Lipinski definition) is 3. The molecular formula is C11H13N3O2. The van der Waals surface area contributed by atoms with E-state index >= 15 is 0 Å². The number of amides is 1. The molecule has 0 aromatic carbocycles. The van der Waals surface area contributed by atoms with Crippen LogP contribution in [0.25, 0.3) is 0 Å². The first-order chi connectivity index (χ1) is 7.70. The molecule has 84 valence electrons. The van der Waals surface area contributed by atoms with Crippen molar-refractivity contribution in [2.45, 2.75) is 20.3 Å². The van der Waals surface area contributed by atoms with Gasteiger partial charge in [0.2, 0.25) is 0 Å². The third-order valence-corrected chi connectivity index (χ3v) is 2.26. The van der Waals surface area contributed by atoms with E-state index in [1.807, 2.05) is 13.8 Å². The SMILES string of the molecule is CCc1occc1C(=O)Nc1cc(C)[nH]n1. The highest BCUT2D eigenvalue weighted by Crippen LogP contribution is 2.13. The number of nitrogens with zero attached hydrogens (tertiary/aromatic N) is 1. The molecule has 0 fully saturated rings. The van der Waals surface area contributed by atoms with Gasteiger partial charge in [-0.25, -0.2) is 0 Å². The first-order valence-corrected chi connectivity index (χ1v) is 5.10. The van der Waals surface area contributed by atoms with Gasteiger partial charge in [-0.05, 0) is 13.0 Å². The lowest BCUT2D eigenvalue weighted by Gasteiger charge is -2.00. The Labute approximate surface area is 92.9 Å². The molecule has 0 aliphatic heterocycles. The molecule has 2 aromatic heterocycles. The summed E-state index contributed by atoms with van der Waals surface area (Å²) in [4.78, 5) is 11.8. The zero-order valence-electron chi connectivity index (χ0n) is 9.20. The van der Waals surface area contributed by atoms with Gasteiger partial charge in [-0.15, -0.1) is 0 Å². The Bertz CT molecular complexity index is 499. The van der Waals surface area contributed by atoms with Crippen molar-refractivity contribution in [2.75, 3.05) is 5.32 Å². The normalized spacial score (nSPS) is 10.4. The molecule has 2 rings (SSSR count). The molecule has 5 nitrogen and oxygen atoms in total. The number of aromatic amines is 1. The average molecular weight is 219 g/mol. The molecule has 0 unspecified atom stereocenters. The Morgan fingerprint density at radius 3 is 3.06 bits per heavy atom. The van der Waals surface area contributed by atoms with Gasteiger partial charge in [0.05, 0.1) is 11.8 Å². The molecule has 0 aliphatic carbocycles. The van der Waals surface area contributed by atoms with Crippen LogP contribution in [0, 0.1) is 6.92 Å². The largest absolute Gasteiger partial charge is 0.469 e. The monoisotopic (exact) mass is 219 g/mol. The number of aromatic nitrogens is 2. The fraction of sp³-hybridized carbons (Fsp3) is 0.273. The molecule has 1 amide bonds. The quantitative estimate of drug-likeness (QED) is 0.830. The lowest BCUT2D eigenvalue weighted by Crippen LogP contribution is -2.12. The van der Waals surface area contributed by atoms with Gasteiger partial charge in [0, 0.05) is 18.2 Å². The summed E-state index contributed by atoms with van der Waals surface area (Å²) < 4.78 is 5.19. The summed E-state index contributed by atoms with van der Waals surface area (Å²) in [7, 11) is 0. The predicted molar refractivity (Wildman–Crippen MR) is 59.4 cm³/mol. The Morgan fingerprint density at radius 1 is 1.62 bits per heavy atom. The predicted octanol–water partition coefficient (Wildman–Crippen LogP) is 2.13. The zero-order valence-corrected chi connectivity index (χ0v) is 9.20. The van der Waals surface area contributed by atoms with Crippen molar-refractivity contribution in [1.29, 1.82) is 0 Å². The summed E-state index contributed by atoms with van der Waals surface area (Å²) in [5.74, 6) is 1.01. The number of carbonyl (C=O) groups is 1. The van der Waals surface area contributed by atoms with Crippen molar-refractivity contribution >= 4 is 11.7 Å². The van der Waals surface area contributed by atoms with Crippen molar-refractivity contribution in [1.82, 2.24) is 10.2 Å². The van der Waals surface area contributed by atoms with Gasteiger partial charge < -0.3 is 9.73 Å². The van der Waals surface area contributed by atoms with Crippen LogP contribution in [0.3, 0.4) is 0 Å². The Kier molecular flexibility index (Phi) is 2.76. The molecule has 0 saturated carbocycles. The number of carbonyl (C=O) groups excluding carboxylic acids is 1. The van der Waals surface area contributed by atoms with Gasteiger partial charge in [0.1, 0.15) is 5.76 Å². The van der Waals surface area contributed by atoms with Crippen molar-refractivity contribution in [2.24, 2.45) is 0 Å². The fourth-order valence-corrected chi connectivity index (χ4v) is 1.48. The van der Waals surface area contributed by atoms with E-state index in [-0.39, 0.29) is 5.91 Å². The van der Waals surface area contributed by atoms with Crippen LogP contribution in [-0.4, -0.2) is 16.1 Å². The van der Waals surface area contributed by atoms with E-state index in [1.54, 1.807) is 12.1 Å². The van der Waals surface area contributed by atoms with Crippen molar-refractivity contribution in [3.8, 4) is 0 Å². The number of hydrogen-bond donors (Lipinski definition) is 2. The molecule has 0 aliphatic rings. The van der Waals surface area contributed by atoms with Crippen LogP contribution in [0.5, 0.6) is 0 Å². The van der Waals surface area contributed by atoms with E-state index in [1.165, 1.54) is 6.26 Å². The third kappa shape index (κ3) is 1.98. The highest BCUT2D eigenvalue weighted by Gasteiger charge is 2.14. The van der Waals surface area contributed by atoms with Crippen LogP contribution in [-0.2, 0) is 6.42 Å². The second-order valence-electron chi connectivity index (χ2n) is 3.50. The topological polar surface area (TPSA) is 70.9 Å². The molecule has 0 radical (unpaired) electrons. The molecular weight excluding hydrogens is 206 g/mol. The summed E-state index contributed by atoms with van der Waals surface area (Å²) in [6.45, 7) is 3.81. The second kappa shape index (κ2) is 4.22. The van der Waals surface area contributed by atoms with E-state index in [4.69, 9.17) is 4.42 Å². The Balaban J connectivity index is 2.14. The molecule has 16 heavy (non-hydrogen) atoms. The lowest BCUT2D eigenvalue weighted by atomic mass is 10.2. The van der Waals surface area contributed by atoms with Crippen LogP contribution in [0.2, 0.25) is 0 Å². The summed E-state index contributed by atoms with van der Waals surface area (Å²) in [6.07, 6.45) is 2.21. The van der Waals surface area contributed by atoms with E-state index in [0.29, 0.717) is 23.6 Å². The standard InChI is InChI=1S/C11H13N3O2/c1-3-9-8(4-5-16-9)11(15)12-10-6-7(2)13-14-10/h4-6H,3H2,1-2H3,(H2,12,13,14,15). The number of H-pyrrole nitrogens is 1. The van der Waals surface area contributed by atoms with Crippen molar-refractivity contribution in [3.63, 3.8) is 0 Å². The number of anilines is 1. The van der Waals surface area contributed by atoms with Gasteiger partial charge in [-0.2, -0.15) is 5.10 Å². The average Bonchev–Trinajstić information content (AvgIpc) is 2.86. The van der Waals surface area contributed by atoms with Gasteiger partial charge in [0.15, 0.2) is 5.82 Å². The maximum absolute atomic E-state index is 11.8. The first-order valence-electron chi connectivity index (χ1n) is 5.10. The van der Waals surface area contributed by atoms with Gasteiger partial charge in [-0.1, -0.05) is 6.92 Å². The zero-order chi connectivity index (χ0) is 11.5. The fourth-order valence-electron chi connectivity index (χ4n) is 1.48. The molecule has 0 bridgehead atoms. The number of nitrogens with one attached hydrogen (secondary N) is 2. The van der Waals surface area contributed by atoms with Gasteiger partial charge in [0.25, 0.3) is 5.91 Å². The lowest BCUT2D eigenvalue weighted by molar-refractivity contribution is 0.102. The van der Waals surface area contributed by atoms with Crippen molar-refractivity contribution in [3.05, 3.63) is 35.4 Å². The van der Waals surface area contributed by atoms with Gasteiger partial charge in [-0.3, -0.25) is 9.89 Å². The highest BCUT2D eigenvalue weighted by molar-refractivity contribution is 6.04. The van der Waals surface area contributed by atoms with Crippen molar-refractivity contribution < 1.29 is 9.21 Å². The minimum atomic E-state index is -0.197. The molecule has 0 spiro atoms. The smallest absolute Gasteiger partial charge is 0.260 e. The highest BCUT2D eigenvalue weighted by atomic mass is 16.3. The molecule has 0 atom stereocenters. The number of rotatable bonds is 3. The number of furan rings is 1. The summed E-state index contributed by atoms with van der Waals surface area (Å²) >= 11 is 0. The minimum Gasteiger partial charge on any atom is -0.469 e. The van der Waals surface area contributed by atoms with Crippen LogP contribution < -0.4 is 5.32 Å².